The number of carbonyl (C=O) groups is 1. The molecule has 0 saturated heterocycles. The number of terminal acetylenes is 1. The summed E-state index contributed by atoms with van der Waals surface area (Å²) < 4.78 is 0. The van der Waals surface area contributed by atoms with Gasteiger partial charge in [-0.3, -0.25) is 4.79 Å². The lowest BCUT2D eigenvalue weighted by Gasteiger charge is -1.91. The van der Waals surface area contributed by atoms with E-state index in [0.29, 0.717) is 10.9 Å². The number of Topliss-reactive ketones (excluding diaryl/α,β-unsaturated/α-hetero) is 1. The first-order valence-corrected chi connectivity index (χ1v) is 4.23. The zero-order chi connectivity index (χ0) is 8.69. The Bertz CT molecular complexity index is 230. The average molecular weight is 213 g/mol. The second-order valence-corrected chi connectivity index (χ2v) is 2.49. The van der Waals surface area contributed by atoms with E-state index in [1.165, 1.54) is 0 Å². The van der Waals surface area contributed by atoms with Gasteiger partial charge in [-0.2, -0.15) is 0 Å². The first kappa shape index (κ1) is 10.2. The molecule has 1 nitrogen and oxygen atoms in total. The van der Waals surface area contributed by atoms with Crippen LogP contribution in [0.3, 0.4) is 0 Å². The van der Waals surface area contributed by atoms with Gasteiger partial charge < -0.3 is 0 Å². The lowest BCUT2D eigenvalue weighted by molar-refractivity contribution is -0.113. The van der Waals surface area contributed by atoms with Crippen molar-refractivity contribution in [2.24, 2.45) is 0 Å². The van der Waals surface area contributed by atoms with Gasteiger partial charge in [-0.05, 0) is 18.6 Å². The van der Waals surface area contributed by atoms with E-state index in [0.717, 1.165) is 0 Å². The number of allylic oxidation sites excluding steroid dienone is 4. The number of hydrogen-bond donors (Lipinski definition) is 0. The van der Waals surface area contributed by atoms with E-state index >= 15 is 0 Å². The fourth-order valence-electron chi connectivity index (χ4n) is 0.446. The molecule has 0 saturated carbocycles. The third-order valence-corrected chi connectivity index (χ3v) is 1.61. The predicted molar refractivity (Wildman–Crippen MR) is 50.5 cm³/mol. The highest BCUT2D eigenvalue weighted by atomic mass is 79.9. The summed E-state index contributed by atoms with van der Waals surface area (Å²) in [6.07, 6.45) is 9.88. The van der Waals surface area contributed by atoms with Gasteiger partial charge in [0.2, 0.25) is 0 Å². The van der Waals surface area contributed by atoms with Crippen molar-refractivity contribution in [3.8, 4) is 12.3 Å². The van der Waals surface area contributed by atoms with Crippen molar-refractivity contribution in [2.75, 3.05) is 5.33 Å². The summed E-state index contributed by atoms with van der Waals surface area (Å²) in [5, 5.41) is 0.360. The van der Waals surface area contributed by atoms with Crippen LogP contribution in [0.4, 0.5) is 0 Å². The van der Waals surface area contributed by atoms with Crippen molar-refractivity contribution in [3.05, 3.63) is 23.8 Å². The Kier molecular flexibility index (Phi) is 5.50. The lowest BCUT2D eigenvalue weighted by Crippen LogP contribution is -1.99. The van der Waals surface area contributed by atoms with Crippen LogP contribution in [0, 0.1) is 12.3 Å². The molecular formula is C9H9BrO. The van der Waals surface area contributed by atoms with Gasteiger partial charge in [-0.25, -0.2) is 0 Å². The Hall–Kier alpha value is -0.810. The SMILES string of the molecule is C#C/C=C\C=C(/C)C(=O)CBr. The van der Waals surface area contributed by atoms with E-state index in [-0.39, 0.29) is 5.78 Å². The summed E-state index contributed by atoms with van der Waals surface area (Å²) in [5.74, 6) is 2.41. The summed E-state index contributed by atoms with van der Waals surface area (Å²) in [6.45, 7) is 1.75. The van der Waals surface area contributed by atoms with Gasteiger partial charge in [0.05, 0.1) is 5.33 Å². The van der Waals surface area contributed by atoms with Gasteiger partial charge in [0.1, 0.15) is 0 Å². The van der Waals surface area contributed by atoms with Crippen molar-refractivity contribution in [1.29, 1.82) is 0 Å². The maximum absolute atomic E-state index is 10.9. The average Bonchev–Trinajstić information content (AvgIpc) is 2.03. The first-order valence-electron chi connectivity index (χ1n) is 3.11. The van der Waals surface area contributed by atoms with Gasteiger partial charge in [0.25, 0.3) is 0 Å². The minimum absolute atomic E-state index is 0.0756. The van der Waals surface area contributed by atoms with Gasteiger partial charge >= 0.3 is 0 Å². The molecule has 0 atom stereocenters. The van der Waals surface area contributed by atoms with Gasteiger partial charge in [0, 0.05) is 0 Å². The van der Waals surface area contributed by atoms with E-state index in [1.54, 1.807) is 25.2 Å². The number of rotatable bonds is 3. The molecule has 2 heteroatoms. The second kappa shape index (κ2) is 5.94. The Morgan fingerprint density at radius 3 is 2.82 bits per heavy atom. The zero-order valence-electron chi connectivity index (χ0n) is 6.30. The molecule has 0 spiro atoms. The van der Waals surface area contributed by atoms with Gasteiger partial charge in [0.15, 0.2) is 5.78 Å². The first-order chi connectivity index (χ1) is 5.22. The highest BCUT2D eigenvalue weighted by Gasteiger charge is 1.98. The third kappa shape index (κ3) is 4.58. The number of carbonyl (C=O) groups excluding carboxylic acids is 1. The molecule has 0 aliphatic heterocycles. The number of alkyl halides is 1. The molecule has 0 rings (SSSR count). The van der Waals surface area contributed by atoms with Crippen molar-refractivity contribution >= 4 is 21.7 Å². The number of ketones is 1. The normalized spacial score (nSPS) is 11.5. The molecule has 0 N–H and O–H groups in total. The van der Waals surface area contributed by atoms with Crippen LogP contribution in [0.5, 0.6) is 0 Å². The number of halogens is 1. The minimum atomic E-state index is 0.0756. The smallest absolute Gasteiger partial charge is 0.169 e. The van der Waals surface area contributed by atoms with Crippen LogP contribution in [0.15, 0.2) is 23.8 Å². The maximum atomic E-state index is 10.9. The largest absolute Gasteiger partial charge is 0.294 e. The number of hydrogen-bond acceptors (Lipinski definition) is 1. The Labute approximate surface area is 75.3 Å². The molecule has 0 amide bonds. The summed E-state index contributed by atoms with van der Waals surface area (Å²) >= 11 is 3.07. The van der Waals surface area contributed by atoms with Crippen LogP contribution < -0.4 is 0 Å². The van der Waals surface area contributed by atoms with Crippen molar-refractivity contribution in [3.63, 3.8) is 0 Å². The molecule has 0 aromatic carbocycles. The maximum Gasteiger partial charge on any atom is 0.169 e. The second-order valence-electron chi connectivity index (χ2n) is 1.93. The molecule has 0 radical (unpaired) electrons. The fourth-order valence-corrected chi connectivity index (χ4v) is 0.889. The monoisotopic (exact) mass is 212 g/mol. The van der Waals surface area contributed by atoms with Crippen LogP contribution in [-0.2, 0) is 4.79 Å². The summed E-state index contributed by atoms with van der Waals surface area (Å²) in [5.41, 5.74) is 0.702. The van der Waals surface area contributed by atoms with Crippen LogP contribution in [0.1, 0.15) is 6.92 Å². The molecule has 11 heavy (non-hydrogen) atoms. The van der Waals surface area contributed by atoms with Crippen molar-refractivity contribution in [2.45, 2.75) is 6.92 Å². The van der Waals surface area contributed by atoms with E-state index < -0.39 is 0 Å². The van der Waals surface area contributed by atoms with E-state index in [2.05, 4.69) is 21.9 Å². The van der Waals surface area contributed by atoms with Gasteiger partial charge in [-0.1, -0.05) is 34.0 Å². The molecule has 0 bridgehead atoms. The standard InChI is InChI=1S/C9H9BrO/c1-3-4-5-6-8(2)9(11)7-10/h1,4-6H,7H2,2H3/b5-4-,8-6+. The molecule has 0 aromatic heterocycles. The van der Waals surface area contributed by atoms with Gasteiger partial charge in [-0.15, -0.1) is 6.42 Å². The Morgan fingerprint density at radius 1 is 1.73 bits per heavy atom. The minimum Gasteiger partial charge on any atom is -0.294 e. The van der Waals surface area contributed by atoms with E-state index in [1.807, 2.05) is 0 Å². The van der Waals surface area contributed by atoms with Crippen molar-refractivity contribution in [1.82, 2.24) is 0 Å². The summed E-state index contributed by atoms with van der Waals surface area (Å²) in [6, 6.07) is 0. The summed E-state index contributed by atoms with van der Waals surface area (Å²) in [7, 11) is 0. The Balaban J connectivity index is 4.13. The quantitative estimate of drug-likeness (QED) is 0.303. The molecule has 58 valence electrons. The zero-order valence-corrected chi connectivity index (χ0v) is 7.89. The molecule has 0 heterocycles. The Morgan fingerprint density at radius 2 is 2.36 bits per heavy atom. The topological polar surface area (TPSA) is 17.1 Å². The van der Waals surface area contributed by atoms with E-state index in [9.17, 15) is 4.79 Å². The molecule has 0 fully saturated rings. The van der Waals surface area contributed by atoms with E-state index in [4.69, 9.17) is 6.42 Å². The fraction of sp³-hybridized carbons (Fsp3) is 0.222. The third-order valence-electron chi connectivity index (χ3n) is 1.10. The van der Waals surface area contributed by atoms with Crippen LogP contribution in [0.25, 0.3) is 0 Å². The summed E-state index contributed by atoms with van der Waals surface area (Å²) in [4.78, 5) is 10.9. The highest BCUT2D eigenvalue weighted by molar-refractivity contribution is 9.09. The molecule has 0 aromatic rings. The van der Waals surface area contributed by atoms with Crippen LogP contribution >= 0.6 is 15.9 Å². The molecule has 0 aliphatic rings. The lowest BCUT2D eigenvalue weighted by atomic mass is 10.2. The van der Waals surface area contributed by atoms with Crippen LogP contribution in [0.2, 0.25) is 0 Å². The molecular weight excluding hydrogens is 204 g/mol. The highest BCUT2D eigenvalue weighted by Crippen LogP contribution is 1.97. The molecule has 0 unspecified atom stereocenters. The van der Waals surface area contributed by atoms with Crippen LogP contribution in [-0.4, -0.2) is 11.1 Å². The van der Waals surface area contributed by atoms with Crippen molar-refractivity contribution < 1.29 is 4.79 Å². The molecule has 0 aliphatic carbocycles. The predicted octanol–water partition coefficient (Wildman–Crippen LogP) is 2.09.